The zero-order chi connectivity index (χ0) is 12.5. The van der Waals surface area contributed by atoms with E-state index in [1.54, 1.807) is 16.7 Å². The second-order valence-corrected chi connectivity index (χ2v) is 4.72. The molecule has 1 aliphatic rings. The van der Waals surface area contributed by atoms with Gasteiger partial charge in [0.15, 0.2) is 5.58 Å². The molecule has 0 radical (unpaired) electrons. The minimum atomic E-state index is -0.348. The van der Waals surface area contributed by atoms with Gasteiger partial charge in [-0.15, -0.1) is 0 Å². The van der Waals surface area contributed by atoms with Gasteiger partial charge in [-0.3, -0.25) is 9.47 Å². The van der Waals surface area contributed by atoms with Crippen LogP contribution < -0.4 is 5.76 Å². The van der Waals surface area contributed by atoms with Crippen LogP contribution in [0.1, 0.15) is 0 Å². The number of hydrogen-bond donors (Lipinski definition) is 0. The van der Waals surface area contributed by atoms with E-state index in [9.17, 15) is 4.79 Å². The first-order valence-corrected chi connectivity index (χ1v) is 6.21. The smallest absolute Gasteiger partial charge is 0.408 e. The van der Waals surface area contributed by atoms with Crippen LogP contribution in [0, 0.1) is 0 Å². The highest BCUT2D eigenvalue weighted by molar-refractivity contribution is 6.31. The summed E-state index contributed by atoms with van der Waals surface area (Å²) in [4.78, 5) is 14.0. The standard InChI is InChI=1S/C12H13ClN2O3/c13-9-1-2-10-11(7-9)18-12(16)15(10)8-14-3-5-17-6-4-14/h1-2,7H,3-6,8H2. The summed E-state index contributed by atoms with van der Waals surface area (Å²) in [7, 11) is 0. The Morgan fingerprint density at radius 1 is 1.28 bits per heavy atom. The summed E-state index contributed by atoms with van der Waals surface area (Å²) in [6, 6.07) is 5.23. The molecule has 1 aliphatic heterocycles. The number of benzene rings is 1. The summed E-state index contributed by atoms with van der Waals surface area (Å²) in [6.07, 6.45) is 0. The van der Waals surface area contributed by atoms with Crippen molar-refractivity contribution in [2.45, 2.75) is 6.67 Å². The molecule has 5 nitrogen and oxygen atoms in total. The molecule has 3 rings (SSSR count). The zero-order valence-corrected chi connectivity index (χ0v) is 10.5. The normalized spacial score (nSPS) is 17.4. The maximum absolute atomic E-state index is 11.8. The molecule has 1 aromatic carbocycles. The number of fused-ring (bicyclic) bond motifs is 1. The van der Waals surface area contributed by atoms with Crippen LogP contribution in [0.15, 0.2) is 27.4 Å². The predicted octanol–water partition coefficient (Wildman–Crippen LogP) is 1.54. The molecule has 2 aromatic rings. The van der Waals surface area contributed by atoms with Crippen LogP contribution in [0.4, 0.5) is 0 Å². The number of ether oxygens (including phenoxy) is 1. The van der Waals surface area contributed by atoms with Crippen molar-refractivity contribution in [1.29, 1.82) is 0 Å². The van der Waals surface area contributed by atoms with E-state index in [1.807, 2.05) is 6.07 Å². The molecule has 1 saturated heterocycles. The van der Waals surface area contributed by atoms with Crippen molar-refractivity contribution in [2.24, 2.45) is 0 Å². The van der Waals surface area contributed by atoms with Gasteiger partial charge in [-0.05, 0) is 12.1 Å². The average molecular weight is 269 g/mol. The molecule has 0 N–H and O–H groups in total. The highest BCUT2D eigenvalue weighted by atomic mass is 35.5. The second-order valence-electron chi connectivity index (χ2n) is 4.28. The Hall–Kier alpha value is -1.30. The van der Waals surface area contributed by atoms with Crippen LogP contribution >= 0.6 is 11.6 Å². The zero-order valence-electron chi connectivity index (χ0n) is 9.76. The number of aromatic nitrogens is 1. The first kappa shape index (κ1) is 11.8. The Bertz CT molecular complexity index is 613. The minimum Gasteiger partial charge on any atom is -0.408 e. The summed E-state index contributed by atoms with van der Waals surface area (Å²) in [5, 5.41) is 0.565. The quantitative estimate of drug-likeness (QED) is 0.829. The number of morpholine rings is 1. The van der Waals surface area contributed by atoms with Crippen molar-refractivity contribution in [3.63, 3.8) is 0 Å². The molecule has 6 heteroatoms. The molecule has 0 bridgehead atoms. The lowest BCUT2D eigenvalue weighted by Crippen LogP contribution is -2.39. The number of oxazole rings is 1. The van der Waals surface area contributed by atoms with E-state index in [0.29, 0.717) is 30.5 Å². The van der Waals surface area contributed by atoms with Crippen molar-refractivity contribution in [3.05, 3.63) is 33.8 Å². The van der Waals surface area contributed by atoms with Crippen molar-refractivity contribution in [3.8, 4) is 0 Å². The second kappa shape index (κ2) is 4.76. The van der Waals surface area contributed by atoms with Gasteiger partial charge in [0.25, 0.3) is 0 Å². The summed E-state index contributed by atoms with van der Waals surface area (Å²) in [5.74, 6) is -0.348. The number of nitrogens with zero attached hydrogens (tertiary/aromatic N) is 2. The largest absolute Gasteiger partial charge is 0.421 e. The fourth-order valence-corrected chi connectivity index (χ4v) is 2.28. The van der Waals surface area contributed by atoms with Gasteiger partial charge >= 0.3 is 5.76 Å². The number of halogens is 1. The molecule has 2 heterocycles. The van der Waals surface area contributed by atoms with Gasteiger partial charge in [-0.2, -0.15) is 0 Å². The fourth-order valence-electron chi connectivity index (χ4n) is 2.12. The minimum absolute atomic E-state index is 0.348. The molecule has 0 spiro atoms. The number of hydrogen-bond acceptors (Lipinski definition) is 4. The summed E-state index contributed by atoms with van der Waals surface area (Å²) >= 11 is 5.87. The molecule has 1 aromatic heterocycles. The molecule has 18 heavy (non-hydrogen) atoms. The van der Waals surface area contributed by atoms with Crippen LogP contribution in [-0.2, 0) is 11.4 Å². The Labute approximate surface area is 108 Å². The summed E-state index contributed by atoms with van der Waals surface area (Å²) in [5.41, 5.74) is 1.30. The lowest BCUT2D eigenvalue weighted by molar-refractivity contribution is 0.0230. The van der Waals surface area contributed by atoms with E-state index >= 15 is 0 Å². The van der Waals surface area contributed by atoms with Gasteiger partial charge in [0.05, 0.1) is 25.4 Å². The Morgan fingerprint density at radius 2 is 2.06 bits per heavy atom. The topological polar surface area (TPSA) is 47.6 Å². The molecule has 0 unspecified atom stereocenters. The fraction of sp³-hybridized carbons (Fsp3) is 0.417. The van der Waals surface area contributed by atoms with Crippen LogP contribution in [0.5, 0.6) is 0 Å². The lowest BCUT2D eigenvalue weighted by atomic mass is 10.3. The predicted molar refractivity (Wildman–Crippen MR) is 67.9 cm³/mol. The van der Waals surface area contributed by atoms with Crippen LogP contribution in [0.3, 0.4) is 0 Å². The average Bonchev–Trinajstić information content (AvgIpc) is 2.66. The summed E-state index contributed by atoms with van der Waals surface area (Å²) in [6.45, 7) is 3.59. The highest BCUT2D eigenvalue weighted by Gasteiger charge is 2.15. The lowest BCUT2D eigenvalue weighted by Gasteiger charge is -2.26. The van der Waals surface area contributed by atoms with Gasteiger partial charge in [-0.25, -0.2) is 4.79 Å². The van der Waals surface area contributed by atoms with Gasteiger partial charge in [0.1, 0.15) is 0 Å². The maximum Gasteiger partial charge on any atom is 0.421 e. The van der Waals surface area contributed by atoms with Crippen LogP contribution in [-0.4, -0.2) is 35.8 Å². The molecular formula is C12H13ClN2O3. The maximum atomic E-state index is 11.8. The highest BCUT2D eigenvalue weighted by Crippen LogP contribution is 2.18. The van der Waals surface area contributed by atoms with Gasteiger partial charge in [0.2, 0.25) is 0 Å². The molecule has 1 fully saturated rings. The number of rotatable bonds is 2. The summed E-state index contributed by atoms with van der Waals surface area (Å²) < 4.78 is 12.1. The van der Waals surface area contributed by atoms with Gasteiger partial charge < -0.3 is 9.15 Å². The van der Waals surface area contributed by atoms with Crippen molar-refractivity contribution < 1.29 is 9.15 Å². The van der Waals surface area contributed by atoms with E-state index in [1.165, 1.54) is 0 Å². The SMILES string of the molecule is O=c1oc2cc(Cl)ccc2n1CN1CCOCC1. The van der Waals surface area contributed by atoms with Crippen molar-refractivity contribution in [1.82, 2.24) is 9.47 Å². The van der Waals surface area contributed by atoms with Gasteiger partial charge in [0, 0.05) is 24.2 Å². The Morgan fingerprint density at radius 3 is 2.83 bits per heavy atom. The van der Waals surface area contributed by atoms with E-state index < -0.39 is 0 Å². The Kier molecular flexibility index (Phi) is 3.11. The van der Waals surface area contributed by atoms with E-state index in [4.69, 9.17) is 20.8 Å². The first-order chi connectivity index (χ1) is 8.74. The monoisotopic (exact) mass is 268 g/mol. The third-order valence-corrected chi connectivity index (χ3v) is 3.31. The van der Waals surface area contributed by atoms with Gasteiger partial charge in [-0.1, -0.05) is 11.6 Å². The Balaban J connectivity index is 1.95. The van der Waals surface area contributed by atoms with E-state index in [-0.39, 0.29) is 5.76 Å². The van der Waals surface area contributed by atoms with E-state index in [0.717, 1.165) is 18.6 Å². The first-order valence-electron chi connectivity index (χ1n) is 5.83. The third-order valence-electron chi connectivity index (χ3n) is 3.08. The van der Waals surface area contributed by atoms with Crippen LogP contribution in [0.25, 0.3) is 11.1 Å². The molecule has 0 aliphatic carbocycles. The molecule has 0 saturated carbocycles. The van der Waals surface area contributed by atoms with E-state index in [2.05, 4.69) is 4.90 Å². The third kappa shape index (κ3) is 2.16. The molecular weight excluding hydrogens is 256 g/mol. The molecule has 0 amide bonds. The molecule has 96 valence electrons. The van der Waals surface area contributed by atoms with Crippen LogP contribution in [0.2, 0.25) is 5.02 Å². The van der Waals surface area contributed by atoms with Crippen molar-refractivity contribution >= 4 is 22.7 Å². The molecule has 0 atom stereocenters. The van der Waals surface area contributed by atoms with Crippen molar-refractivity contribution in [2.75, 3.05) is 26.3 Å².